The second kappa shape index (κ2) is 14.8. The number of hydrogen-bond acceptors (Lipinski definition) is 10. The van der Waals surface area contributed by atoms with E-state index in [2.05, 4.69) is 42.5 Å². The Morgan fingerprint density at radius 2 is 0.804 bits per heavy atom. The maximum absolute atomic E-state index is 11.5. The molecule has 17 atom stereocenters. The normalized spacial score (nSPS) is 48.7. The van der Waals surface area contributed by atoms with E-state index >= 15 is 0 Å². The van der Waals surface area contributed by atoms with E-state index in [0.717, 1.165) is 18.6 Å². The number of aromatic carboxylic acids is 1. The minimum Gasteiger partial charge on any atom is -0.490 e. The van der Waals surface area contributed by atoms with Gasteiger partial charge in [-0.3, -0.25) is 42.5 Å². The van der Waals surface area contributed by atoms with Crippen molar-refractivity contribution in [2.75, 3.05) is 0 Å². The van der Waals surface area contributed by atoms with Gasteiger partial charge in [0.15, 0.2) is 0 Å². The SMILES string of the molecule is O=C(O)c1ccc(OC2CCCC3C4NC5NC(NC6NC(NC7NC(NC(N4)C23)C2CCCCC72)C2CCCCC62)C2CCCCC52)cc1.[Zn]. The van der Waals surface area contributed by atoms with Gasteiger partial charge in [0.2, 0.25) is 0 Å². The average molecular weight is 754 g/mol. The Hall–Kier alpha value is -1.21. The zero-order chi connectivity index (χ0) is 33.3. The van der Waals surface area contributed by atoms with E-state index < -0.39 is 5.97 Å². The van der Waals surface area contributed by atoms with Gasteiger partial charge in [-0.2, -0.15) is 0 Å². The molecule has 276 valence electrons. The Balaban J connectivity index is 0.00000348. The van der Waals surface area contributed by atoms with E-state index in [9.17, 15) is 9.90 Å². The largest absolute Gasteiger partial charge is 0.490 e. The summed E-state index contributed by atoms with van der Waals surface area (Å²) >= 11 is 0. The van der Waals surface area contributed by atoms with Gasteiger partial charge >= 0.3 is 5.97 Å². The molecular weight excluding hydrogens is 694 g/mol. The van der Waals surface area contributed by atoms with E-state index in [1.807, 2.05) is 12.1 Å². The van der Waals surface area contributed by atoms with Gasteiger partial charge in [0.25, 0.3) is 0 Å². The summed E-state index contributed by atoms with van der Waals surface area (Å²) in [6.45, 7) is 0. The van der Waals surface area contributed by atoms with Crippen molar-refractivity contribution >= 4 is 5.97 Å². The van der Waals surface area contributed by atoms with Gasteiger partial charge in [0.05, 0.1) is 54.9 Å². The Morgan fingerprint density at radius 3 is 1.18 bits per heavy atom. The molecule has 8 bridgehead atoms. The van der Waals surface area contributed by atoms with Gasteiger partial charge in [-0.15, -0.1) is 0 Å². The van der Waals surface area contributed by atoms with E-state index in [1.165, 1.54) is 83.5 Å². The summed E-state index contributed by atoms with van der Waals surface area (Å²) in [5, 5.41) is 43.1. The molecule has 0 aromatic heterocycles. The van der Waals surface area contributed by atoms with Gasteiger partial charge in [-0.05, 0) is 123 Å². The van der Waals surface area contributed by atoms with Crippen LogP contribution in [0.5, 0.6) is 5.75 Å². The molecule has 9 fully saturated rings. The quantitative estimate of drug-likeness (QED) is 0.210. The molecule has 51 heavy (non-hydrogen) atoms. The summed E-state index contributed by atoms with van der Waals surface area (Å²) in [5.41, 5.74) is 0.298. The molecule has 1 aromatic carbocycles. The first-order chi connectivity index (χ1) is 24.6. The van der Waals surface area contributed by atoms with E-state index in [0.29, 0.717) is 77.6 Å². The third-order valence-corrected chi connectivity index (χ3v) is 15.2. The van der Waals surface area contributed by atoms with Crippen LogP contribution >= 0.6 is 0 Å². The molecule has 4 saturated carbocycles. The Bertz CT molecular complexity index is 1390. The molecule has 0 radical (unpaired) electrons. The second-order valence-electron chi connectivity index (χ2n) is 17.6. The number of hydrogen-bond donors (Lipinski definition) is 9. The molecule has 5 saturated heterocycles. The summed E-state index contributed by atoms with van der Waals surface area (Å²) in [5.74, 6) is 4.47. The summed E-state index contributed by atoms with van der Waals surface area (Å²) in [6, 6.07) is 7.02. The number of nitrogens with one attached hydrogen (secondary N) is 8. The van der Waals surface area contributed by atoms with E-state index in [4.69, 9.17) is 4.74 Å². The Morgan fingerprint density at radius 1 is 0.471 bits per heavy atom. The van der Waals surface area contributed by atoms with Crippen molar-refractivity contribution in [3.05, 3.63) is 29.8 Å². The minimum absolute atomic E-state index is 0. The molecule has 1 aromatic rings. The van der Waals surface area contributed by atoms with Gasteiger partial charge in [-0.1, -0.05) is 38.5 Å². The number of ether oxygens (including phenoxy) is 1. The third-order valence-electron chi connectivity index (χ3n) is 15.2. The fourth-order valence-electron chi connectivity index (χ4n) is 13.0. The van der Waals surface area contributed by atoms with Crippen molar-refractivity contribution in [1.82, 2.24) is 42.5 Å². The predicted octanol–water partition coefficient (Wildman–Crippen LogP) is 3.36. The zero-order valence-corrected chi connectivity index (χ0v) is 33.2. The summed E-state index contributed by atoms with van der Waals surface area (Å²) < 4.78 is 6.83. The van der Waals surface area contributed by atoms with Crippen LogP contribution in [-0.4, -0.2) is 66.5 Å². The number of carboxylic acids is 1. The first-order valence-electron chi connectivity index (χ1n) is 20.7. The standard InChI is InChI=1S/C39H60N8O3.Zn/c48-39(49)20-16-18-21(19-17-20)50-29-15-7-14-28-30(29)38-46-36-27-13-6-5-12-26(27)34(44-36)42-32-23-9-2-1-8-22(23)31(40-32)41-33-24-10-3-4-11-25(24)35(43-33)45-37(28)47-38;/h16-19,22-38,40-47H,1-15H2,(H,48,49);. The molecule has 17 unspecified atom stereocenters. The number of carboxylic acid groups (broad SMARTS) is 1. The number of fused-ring (bicyclic) bond motifs is 20. The molecule has 0 spiro atoms. The molecule has 12 heteroatoms. The van der Waals surface area contributed by atoms with Gasteiger partial charge in [0, 0.05) is 25.4 Å². The molecule has 0 amide bonds. The van der Waals surface area contributed by atoms with Gasteiger partial charge in [0.1, 0.15) is 11.9 Å². The summed E-state index contributed by atoms with van der Waals surface area (Å²) in [6.07, 6.45) is 21.3. The Kier molecular flexibility index (Phi) is 10.3. The van der Waals surface area contributed by atoms with Crippen molar-refractivity contribution in [3.63, 3.8) is 0 Å². The second-order valence-corrected chi connectivity index (χ2v) is 17.6. The molecule has 5 heterocycles. The predicted molar refractivity (Wildman–Crippen MR) is 190 cm³/mol. The maximum Gasteiger partial charge on any atom is 0.335 e. The minimum atomic E-state index is -0.902. The van der Waals surface area contributed by atoms with Crippen molar-refractivity contribution in [2.24, 2.45) is 47.3 Å². The van der Waals surface area contributed by atoms with Crippen LogP contribution in [0.25, 0.3) is 0 Å². The smallest absolute Gasteiger partial charge is 0.335 e. The fraction of sp³-hybridized carbons (Fsp3) is 0.821. The number of rotatable bonds is 3. The topological polar surface area (TPSA) is 143 Å². The molecule has 11 nitrogen and oxygen atoms in total. The molecule has 9 N–H and O–H groups in total. The molecule has 10 rings (SSSR count). The van der Waals surface area contributed by atoms with Crippen LogP contribution in [0.2, 0.25) is 0 Å². The van der Waals surface area contributed by atoms with Crippen LogP contribution in [-0.2, 0) is 19.5 Å². The number of benzene rings is 1. The summed E-state index contributed by atoms with van der Waals surface area (Å²) in [4.78, 5) is 11.5. The van der Waals surface area contributed by atoms with Gasteiger partial charge < -0.3 is 9.84 Å². The van der Waals surface area contributed by atoms with Crippen LogP contribution in [0.15, 0.2) is 24.3 Å². The van der Waals surface area contributed by atoms with Crippen molar-refractivity contribution in [2.45, 2.75) is 152 Å². The van der Waals surface area contributed by atoms with Crippen molar-refractivity contribution in [3.8, 4) is 5.75 Å². The molecule has 5 aliphatic heterocycles. The van der Waals surface area contributed by atoms with Crippen LogP contribution in [0, 0.1) is 47.3 Å². The number of carbonyl (C=O) groups is 1. The fourth-order valence-corrected chi connectivity index (χ4v) is 13.0. The molecule has 4 aliphatic carbocycles. The summed E-state index contributed by atoms with van der Waals surface area (Å²) in [7, 11) is 0. The van der Waals surface area contributed by atoms with E-state index in [-0.39, 0.29) is 50.2 Å². The Labute approximate surface area is 316 Å². The monoisotopic (exact) mass is 752 g/mol. The maximum atomic E-state index is 11.5. The molecule has 9 aliphatic rings. The zero-order valence-electron chi connectivity index (χ0n) is 30.2. The first-order valence-corrected chi connectivity index (χ1v) is 20.7. The molecular formula is C39H60N8O3Zn. The van der Waals surface area contributed by atoms with Crippen LogP contribution in [0.1, 0.15) is 107 Å². The van der Waals surface area contributed by atoms with Crippen LogP contribution < -0.4 is 47.3 Å². The average Bonchev–Trinajstić information content (AvgIpc) is 3.88. The van der Waals surface area contributed by atoms with Crippen molar-refractivity contribution in [1.29, 1.82) is 0 Å². The first kappa shape index (κ1) is 35.5. The van der Waals surface area contributed by atoms with Gasteiger partial charge in [-0.25, -0.2) is 4.79 Å². The van der Waals surface area contributed by atoms with E-state index in [1.54, 1.807) is 12.1 Å². The van der Waals surface area contributed by atoms with Crippen LogP contribution in [0.4, 0.5) is 0 Å². The van der Waals surface area contributed by atoms with Crippen LogP contribution in [0.3, 0.4) is 0 Å². The third kappa shape index (κ3) is 6.54. The van der Waals surface area contributed by atoms with Crippen molar-refractivity contribution < 1.29 is 34.1 Å².